The highest BCUT2D eigenvalue weighted by molar-refractivity contribution is 6.25. The molecule has 3 rings (SSSR count). The average Bonchev–Trinajstić information content (AvgIpc) is 2.81. The van der Waals surface area contributed by atoms with E-state index in [1.165, 1.54) is 25.3 Å². The molecule has 2 unspecified atom stereocenters. The van der Waals surface area contributed by atoms with Crippen molar-refractivity contribution < 1.29 is 27.6 Å². The summed E-state index contributed by atoms with van der Waals surface area (Å²) in [6.07, 6.45) is -2.79. The Labute approximate surface area is 195 Å². The first-order chi connectivity index (χ1) is 16.0. The van der Waals surface area contributed by atoms with E-state index in [0.29, 0.717) is 6.42 Å². The van der Waals surface area contributed by atoms with E-state index in [0.717, 1.165) is 22.6 Å². The summed E-state index contributed by atoms with van der Waals surface area (Å²) in [7, 11) is 1.42. The summed E-state index contributed by atoms with van der Waals surface area (Å²) in [4.78, 5) is 40.2. The minimum atomic E-state index is -4.62. The van der Waals surface area contributed by atoms with Crippen LogP contribution in [0, 0.1) is 5.41 Å². The van der Waals surface area contributed by atoms with Gasteiger partial charge in [-0.05, 0) is 50.1 Å². The van der Waals surface area contributed by atoms with E-state index in [9.17, 15) is 27.6 Å². The Bertz CT molecular complexity index is 1120. The molecule has 6 nitrogen and oxygen atoms in total. The Morgan fingerprint density at radius 1 is 1.09 bits per heavy atom. The van der Waals surface area contributed by atoms with Gasteiger partial charge in [-0.2, -0.15) is 13.2 Å². The highest BCUT2D eigenvalue weighted by Crippen LogP contribution is 2.39. The van der Waals surface area contributed by atoms with Crippen LogP contribution in [0.3, 0.4) is 0 Å². The Balaban J connectivity index is 1.95. The van der Waals surface area contributed by atoms with Crippen molar-refractivity contribution in [1.29, 1.82) is 0 Å². The predicted molar refractivity (Wildman–Crippen MR) is 122 cm³/mol. The van der Waals surface area contributed by atoms with Gasteiger partial charge in [-0.3, -0.25) is 14.4 Å². The van der Waals surface area contributed by atoms with Gasteiger partial charge < -0.3 is 15.5 Å². The van der Waals surface area contributed by atoms with Crippen LogP contribution in [0.2, 0.25) is 0 Å². The van der Waals surface area contributed by atoms with Crippen LogP contribution in [-0.4, -0.2) is 37.4 Å². The third-order valence-corrected chi connectivity index (χ3v) is 6.10. The van der Waals surface area contributed by atoms with E-state index in [-0.39, 0.29) is 17.8 Å². The van der Waals surface area contributed by atoms with Gasteiger partial charge >= 0.3 is 6.18 Å². The van der Waals surface area contributed by atoms with Crippen LogP contribution in [0.25, 0.3) is 0 Å². The summed E-state index contributed by atoms with van der Waals surface area (Å²) in [6.45, 7) is 3.35. The fourth-order valence-electron chi connectivity index (χ4n) is 3.98. The topological polar surface area (TPSA) is 78.5 Å². The van der Waals surface area contributed by atoms with Crippen molar-refractivity contribution in [2.24, 2.45) is 5.41 Å². The second-order valence-electron chi connectivity index (χ2n) is 8.31. The van der Waals surface area contributed by atoms with Crippen molar-refractivity contribution in [2.45, 2.75) is 32.5 Å². The molecule has 9 heteroatoms. The number of anilines is 1. The molecule has 3 amide bonds. The number of carbonyl (C=O) groups excluding carboxylic acids is 3. The molecule has 0 radical (unpaired) electrons. The largest absolute Gasteiger partial charge is 0.416 e. The van der Waals surface area contributed by atoms with Crippen molar-refractivity contribution in [1.82, 2.24) is 10.6 Å². The Morgan fingerprint density at radius 2 is 1.76 bits per heavy atom. The minimum Gasteiger partial charge on any atom is -0.358 e. The van der Waals surface area contributed by atoms with Crippen molar-refractivity contribution >= 4 is 23.4 Å². The maximum atomic E-state index is 13.4. The fourth-order valence-corrected chi connectivity index (χ4v) is 3.98. The molecule has 0 bridgehead atoms. The average molecular weight is 473 g/mol. The first kappa shape index (κ1) is 25.0. The first-order valence-electron chi connectivity index (χ1n) is 10.8. The zero-order chi connectivity index (χ0) is 25.1. The van der Waals surface area contributed by atoms with Gasteiger partial charge in [0.1, 0.15) is 5.57 Å². The van der Waals surface area contributed by atoms with Gasteiger partial charge in [-0.15, -0.1) is 0 Å². The number of carbonyl (C=O) groups is 3. The van der Waals surface area contributed by atoms with Crippen LogP contribution < -0.4 is 15.5 Å². The fraction of sp³-hybridized carbons (Fsp3) is 0.320. The van der Waals surface area contributed by atoms with Crippen LogP contribution >= 0.6 is 0 Å². The molecule has 2 atom stereocenters. The smallest absolute Gasteiger partial charge is 0.358 e. The molecule has 1 heterocycles. The molecular formula is C25H26F3N3O3. The van der Waals surface area contributed by atoms with Gasteiger partial charge in [0.15, 0.2) is 0 Å². The zero-order valence-electron chi connectivity index (χ0n) is 19.1. The quantitative estimate of drug-likeness (QED) is 0.631. The number of alkyl halides is 3. The molecule has 34 heavy (non-hydrogen) atoms. The first-order valence-corrected chi connectivity index (χ1v) is 10.8. The van der Waals surface area contributed by atoms with Gasteiger partial charge in [0.2, 0.25) is 5.91 Å². The Kier molecular flexibility index (Phi) is 7.14. The lowest BCUT2D eigenvalue weighted by atomic mass is 9.76. The Hall–Kier alpha value is -3.62. The standard InChI is InChI=1S/C25H26F3N3O3/c1-16-24(2,23(34)29-3)15-20(21(32)30-13-12-17-8-5-4-6-9-17)22(33)31(16)19-11-7-10-18(14-19)25(26,27)28/h4-11,14-16H,12-13H2,1-3H3,(H,29,34)(H,30,32). The number of halogens is 3. The maximum absolute atomic E-state index is 13.4. The highest BCUT2D eigenvalue weighted by Gasteiger charge is 2.48. The minimum absolute atomic E-state index is 0.0508. The summed E-state index contributed by atoms with van der Waals surface area (Å²) >= 11 is 0. The molecule has 0 aromatic heterocycles. The van der Waals surface area contributed by atoms with Gasteiger partial charge in [0.25, 0.3) is 11.8 Å². The number of nitrogens with zero attached hydrogens (tertiary/aromatic N) is 1. The van der Waals surface area contributed by atoms with E-state index >= 15 is 0 Å². The molecule has 2 aromatic rings. The molecule has 1 aliphatic heterocycles. The lowest BCUT2D eigenvalue weighted by molar-refractivity contribution is -0.138. The predicted octanol–water partition coefficient (Wildman–Crippen LogP) is 3.48. The number of nitrogens with one attached hydrogen (secondary N) is 2. The summed E-state index contributed by atoms with van der Waals surface area (Å²) in [6, 6.07) is 12.8. The molecule has 2 N–H and O–H groups in total. The zero-order valence-corrected chi connectivity index (χ0v) is 19.1. The van der Waals surface area contributed by atoms with Gasteiger partial charge in [-0.1, -0.05) is 36.4 Å². The molecule has 0 saturated heterocycles. The van der Waals surface area contributed by atoms with E-state index < -0.39 is 40.9 Å². The van der Waals surface area contributed by atoms with Crippen LogP contribution in [0.5, 0.6) is 0 Å². The highest BCUT2D eigenvalue weighted by atomic mass is 19.4. The molecule has 0 saturated carbocycles. The van der Waals surface area contributed by atoms with E-state index in [4.69, 9.17) is 0 Å². The van der Waals surface area contributed by atoms with Gasteiger partial charge in [-0.25, -0.2) is 0 Å². The lowest BCUT2D eigenvalue weighted by Gasteiger charge is -2.43. The summed E-state index contributed by atoms with van der Waals surface area (Å²) in [5.41, 5.74) is -1.65. The number of amides is 3. The summed E-state index contributed by atoms with van der Waals surface area (Å²) < 4.78 is 39.9. The number of hydrogen-bond donors (Lipinski definition) is 2. The lowest BCUT2D eigenvalue weighted by Crippen LogP contribution is -2.58. The van der Waals surface area contributed by atoms with Crippen molar-refractivity contribution in [3.8, 4) is 0 Å². The van der Waals surface area contributed by atoms with Crippen molar-refractivity contribution in [2.75, 3.05) is 18.5 Å². The summed E-state index contributed by atoms with van der Waals surface area (Å²) in [5.74, 6) is -1.94. The molecular weight excluding hydrogens is 447 g/mol. The van der Waals surface area contributed by atoms with E-state index in [1.807, 2.05) is 30.3 Å². The molecule has 180 valence electrons. The van der Waals surface area contributed by atoms with Gasteiger partial charge in [0.05, 0.1) is 17.0 Å². The summed E-state index contributed by atoms with van der Waals surface area (Å²) in [5, 5.41) is 5.20. The molecule has 0 spiro atoms. The number of hydrogen-bond acceptors (Lipinski definition) is 3. The van der Waals surface area contributed by atoms with Crippen LogP contribution in [0.1, 0.15) is 25.0 Å². The third-order valence-electron chi connectivity index (χ3n) is 6.10. The molecule has 0 fully saturated rings. The monoisotopic (exact) mass is 473 g/mol. The maximum Gasteiger partial charge on any atom is 0.416 e. The normalized spacial score (nSPS) is 20.5. The van der Waals surface area contributed by atoms with E-state index in [1.54, 1.807) is 13.8 Å². The Morgan fingerprint density at radius 3 is 2.38 bits per heavy atom. The second-order valence-corrected chi connectivity index (χ2v) is 8.31. The number of benzene rings is 2. The van der Waals surface area contributed by atoms with Crippen LogP contribution in [0.4, 0.5) is 18.9 Å². The van der Waals surface area contributed by atoms with Gasteiger partial charge in [0, 0.05) is 19.3 Å². The van der Waals surface area contributed by atoms with E-state index in [2.05, 4.69) is 10.6 Å². The molecule has 1 aliphatic rings. The van der Waals surface area contributed by atoms with Crippen molar-refractivity contribution in [3.05, 3.63) is 77.4 Å². The third kappa shape index (κ3) is 4.98. The van der Waals surface area contributed by atoms with Crippen LogP contribution in [0.15, 0.2) is 66.2 Å². The molecule has 0 aliphatic carbocycles. The second kappa shape index (κ2) is 9.70. The van der Waals surface area contributed by atoms with Crippen LogP contribution in [-0.2, 0) is 27.0 Å². The van der Waals surface area contributed by atoms with Crippen molar-refractivity contribution in [3.63, 3.8) is 0 Å². The number of rotatable bonds is 6. The SMILES string of the molecule is CNC(=O)C1(C)C=C(C(=O)NCCc2ccccc2)C(=O)N(c2cccc(C(F)(F)F)c2)C1C. The molecule has 2 aromatic carbocycles.